The van der Waals surface area contributed by atoms with E-state index in [0.717, 1.165) is 17.9 Å². The molecule has 1 aromatic carbocycles. The standard InChI is InChI=1S/C17H19ClFN3O/c1-10(2)16-20-14-9-22(7-6-15(14)21(16)3)17(23)11-4-5-13(19)12(18)8-11/h4-5,8,10H,6-7,9H2,1-3H3. The third kappa shape index (κ3) is 2.85. The molecule has 6 heteroatoms. The average molecular weight is 336 g/mol. The summed E-state index contributed by atoms with van der Waals surface area (Å²) in [7, 11) is 2.03. The van der Waals surface area contributed by atoms with Crippen LogP contribution in [0.25, 0.3) is 0 Å². The number of hydrogen-bond acceptors (Lipinski definition) is 2. The lowest BCUT2D eigenvalue weighted by Crippen LogP contribution is -2.36. The van der Waals surface area contributed by atoms with Crippen molar-refractivity contribution in [2.75, 3.05) is 6.54 Å². The van der Waals surface area contributed by atoms with Crippen LogP contribution in [0.2, 0.25) is 5.02 Å². The first kappa shape index (κ1) is 16.0. The first-order chi connectivity index (χ1) is 10.9. The van der Waals surface area contributed by atoms with E-state index in [1.165, 1.54) is 23.9 Å². The van der Waals surface area contributed by atoms with Crippen LogP contribution in [-0.2, 0) is 20.0 Å². The first-order valence-electron chi connectivity index (χ1n) is 7.67. The molecule has 0 aliphatic carbocycles. The quantitative estimate of drug-likeness (QED) is 0.842. The molecule has 0 fully saturated rings. The Morgan fingerprint density at radius 3 is 2.78 bits per heavy atom. The van der Waals surface area contributed by atoms with Crippen molar-refractivity contribution in [3.63, 3.8) is 0 Å². The lowest BCUT2D eigenvalue weighted by atomic mass is 10.1. The first-order valence-corrected chi connectivity index (χ1v) is 8.05. The second-order valence-electron chi connectivity index (χ2n) is 6.18. The minimum absolute atomic E-state index is 0.0338. The van der Waals surface area contributed by atoms with E-state index >= 15 is 0 Å². The topological polar surface area (TPSA) is 38.1 Å². The van der Waals surface area contributed by atoms with Gasteiger partial charge in [0, 0.05) is 37.2 Å². The number of imidazole rings is 1. The molecule has 0 saturated carbocycles. The second-order valence-corrected chi connectivity index (χ2v) is 6.59. The second kappa shape index (κ2) is 5.96. The molecule has 1 aliphatic heterocycles. The minimum atomic E-state index is -0.518. The van der Waals surface area contributed by atoms with Crippen LogP contribution >= 0.6 is 11.6 Å². The van der Waals surface area contributed by atoms with Gasteiger partial charge < -0.3 is 9.47 Å². The van der Waals surface area contributed by atoms with Crippen LogP contribution in [0.1, 0.15) is 47.3 Å². The number of carbonyl (C=O) groups is 1. The van der Waals surface area contributed by atoms with Gasteiger partial charge in [0.1, 0.15) is 11.6 Å². The van der Waals surface area contributed by atoms with Crippen molar-refractivity contribution >= 4 is 17.5 Å². The third-order valence-corrected chi connectivity index (χ3v) is 4.55. The number of carbonyl (C=O) groups excluding carboxylic acids is 1. The molecule has 0 saturated heterocycles. The maximum absolute atomic E-state index is 13.3. The Morgan fingerprint density at radius 1 is 1.39 bits per heavy atom. The summed E-state index contributed by atoms with van der Waals surface area (Å²) < 4.78 is 15.4. The van der Waals surface area contributed by atoms with Gasteiger partial charge >= 0.3 is 0 Å². The van der Waals surface area contributed by atoms with Gasteiger partial charge in [-0.05, 0) is 18.2 Å². The molecule has 2 heterocycles. The lowest BCUT2D eigenvalue weighted by Gasteiger charge is -2.27. The molecule has 1 aromatic heterocycles. The highest BCUT2D eigenvalue weighted by atomic mass is 35.5. The highest BCUT2D eigenvalue weighted by Crippen LogP contribution is 2.25. The zero-order valence-corrected chi connectivity index (χ0v) is 14.2. The van der Waals surface area contributed by atoms with Gasteiger partial charge in [-0.3, -0.25) is 4.79 Å². The van der Waals surface area contributed by atoms with Crippen molar-refractivity contribution in [1.82, 2.24) is 14.5 Å². The van der Waals surface area contributed by atoms with E-state index in [1.807, 2.05) is 7.05 Å². The minimum Gasteiger partial charge on any atom is -0.334 e. The fourth-order valence-electron chi connectivity index (χ4n) is 3.05. The summed E-state index contributed by atoms with van der Waals surface area (Å²) in [5.41, 5.74) is 2.54. The lowest BCUT2D eigenvalue weighted by molar-refractivity contribution is 0.0731. The molecule has 0 N–H and O–H groups in total. The number of hydrogen-bond donors (Lipinski definition) is 0. The van der Waals surface area contributed by atoms with Crippen molar-refractivity contribution in [3.8, 4) is 0 Å². The Kier molecular flexibility index (Phi) is 4.15. The van der Waals surface area contributed by atoms with Gasteiger partial charge in [-0.1, -0.05) is 25.4 Å². The van der Waals surface area contributed by atoms with Gasteiger partial charge in [0.25, 0.3) is 5.91 Å². The highest BCUT2D eigenvalue weighted by Gasteiger charge is 2.27. The van der Waals surface area contributed by atoms with E-state index in [2.05, 4.69) is 18.4 Å². The molecule has 3 rings (SSSR count). The van der Waals surface area contributed by atoms with Gasteiger partial charge in [0.05, 0.1) is 17.3 Å². The number of nitrogens with zero attached hydrogens (tertiary/aromatic N) is 3. The number of amides is 1. The van der Waals surface area contributed by atoms with E-state index in [4.69, 9.17) is 16.6 Å². The summed E-state index contributed by atoms with van der Waals surface area (Å²) in [5.74, 6) is 0.713. The zero-order chi connectivity index (χ0) is 16.7. The molecule has 2 aromatic rings. The number of rotatable bonds is 2. The SMILES string of the molecule is CC(C)c1nc2c(n1C)CCN(C(=O)c1ccc(F)c(Cl)c1)C2. The number of benzene rings is 1. The molecular weight excluding hydrogens is 317 g/mol. The predicted molar refractivity (Wildman–Crippen MR) is 87.2 cm³/mol. The Balaban J connectivity index is 1.85. The number of fused-ring (bicyclic) bond motifs is 1. The fourth-order valence-corrected chi connectivity index (χ4v) is 3.23. The van der Waals surface area contributed by atoms with Crippen LogP contribution in [0, 0.1) is 5.82 Å². The summed E-state index contributed by atoms with van der Waals surface area (Å²) in [4.78, 5) is 19.0. The Bertz CT molecular complexity index is 769. The number of aromatic nitrogens is 2. The Morgan fingerprint density at radius 2 is 2.13 bits per heavy atom. The van der Waals surface area contributed by atoms with E-state index < -0.39 is 5.82 Å². The normalized spacial score (nSPS) is 14.3. The van der Waals surface area contributed by atoms with Crippen LogP contribution in [0.3, 0.4) is 0 Å². The molecule has 1 amide bonds. The van der Waals surface area contributed by atoms with E-state index in [-0.39, 0.29) is 10.9 Å². The van der Waals surface area contributed by atoms with Crippen LogP contribution in [0.4, 0.5) is 4.39 Å². The summed E-state index contributed by atoms with van der Waals surface area (Å²) in [6.45, 7) is 5.32. The molecule has 0 unspecified atom stereocenters. The molecule has 1 aliphatic rings. The van der Waals surface area contributed by atoms with Gasteiger partial charge in [-0.2, -0.15) is 0 Å². The van der Waals surface area contributed by atoms with Crippen molar-refractivity contribution in [2.24, 2.45) is 7.05 Å². The van der Waals surface area contributed by atoms with Crippen LogP contribution < -0.4 is 0 Å². The van der Waals surface area contributed by atoms with E-state index in [0.29, 0.717) is 24.6 Å². The van der Waals surface area contributed by atoms with Crippen LogP contribution in [0.5, 0.6) is 0 Å². The smallest absolute Gasteiger partial charge is 0.254 e. The molecule has 0 bridgehead atoms. The largest absolute Gasteiger partial charge is 0.334 e. The summed E-state index contributed by atoms with van der Waals surface area (Å²) >= 11 is 5.78. The maximum Gasteiger partial charge on any atom is 0.254 e. The van der Waals surface area contributed by atoms with E-state index in [1.54, 1.807) is 4.90 Å². The Hall–Kier alpha value is -1.88. The number of halogens is 2. The van der Waals surface area contributed by atoms with Crippen molar-refractivity contribution in [1.29, 1.82) is 0 Å². The average Bonchev–Trinajstić information content (AvgIpc) is 2.86. The summed E-state index contributed by atoms with van der Waals surface area (Å²) in [6.07, 6.45) is 0.770. The fraction of sp³-hybridized carbons (Fsp3) is 0.412. The molecule has 122 valence electrons. The Labute approximate surface area is 139 Å². The van der Waals surface area contributed by atoms with Gasteiger partial charge in [0.15, 0.2) is 0 Å². The molecule has 4 nitrogen and oxygen atoms in total. The molecule has 0 radical (unpaired) electrons. The molecule has 0 atom stereocenters. The van der Waals surface area contributed by atoms with Gasteiger partial charge in [-0.15, -0.1) is 0 Å². The molecule has 0 spiro atoms. The van der Waals surface area contributed by atoms with Crippen molar-refractivity contribution < 1.29 is 9.18 Å². The summed E-state index contributed by atoms with van der Waals surface area (Å²) in [6, 6.07) is 4.08. The van der Waals surface area contributed by atoms with Crippen LogP contribution in [-0.4, -0.2) is 26.9 Å². The van der Waals surface area contributed by atoms with Gasteiger partial charge in [0.2, 0.25) is 0 Å². The maximum atomic E-state index is 13.3. The van der Waals surface area contributed by atoms with Crippen molar-refractivity contribution in [3.05, 3.63) is 51.8 Å². The zero-order valence-electron chi connectivity index (χ0n) is 13.4. The van der Waals surface area contributed by atoms with E-state index in [9.17, 15) is 9.18 Å². The summed E-state index contributed by atoms with van der Waals surface area (Å²) in [5, 5.41) is -0.0338. The van der Waals surface area contributed by atoms with Crippen molar-refractivity contribution in [2.45, 2.75) is 32.7 Å². The van der Waals surface area contributed by atoms with Crippen LogP contribution in [0.15, 0.2) is 18.2 Å². The monoisotopic (exact) mass is 335 g/mol. The third-order valence-electron chi connectivity index (χ3n) is 4.26. The highest BCUT2D eigenvalue weighted by molar-refractivity contribution is 6.31. The predicted octanol–water partition coefficient (Wildman–Crippen LogP) is 3.53. The molecular formula is C17H19ClFN3O. The van der Waals surface area contributed by atoms with Gasteiger partial charge in [-0.25, -0.2) is 9.37 Å². The molecule has 23 heavy (non-hydrogen) atoms.